The summed E-state index contributed by atoms with van der Waals surface area (Å²) < 4.78 is 127. The molecule has 1 amide bonds. The highest BCUT2D eigenvalue weighted by Gasteiger charge is 2.41. The summed E-state index contributed by atoms with van der Waals surface area (Å²) in [6, 6.07) is 2.20. The lowest BCUT2D eigenvalue weighted by Crippen LogP contribution is -2.45. The molecule has 2 aromatic rings. The maximum Gasteiger partial charge on any atom is 0.416 e. The summed E-state index contributed by atoms with van der Waals surface area (Å²) in [7, 11) is 0. The van der Waals surface area contributed by atoms with Gasteiger partial charge in [0.05, 0.1) is 54.7 Å². The van der Waals surface area contributed by atoms with Gasteiger partial charge >= 0.3 is 24.6 Å². The van der Waals surface area contributed by atoms with Crippen molar-refractivity contribution in [1.29, 1.82) is 0 Å². The number of rotatable bonds is 7. The minimum Gasteiger partial charge on any atom is -0.449 e. The van der Waals surface area contributed by atoms with Crippen LogP contribution in [-0.2, 0) is 29.8 Å². The van der Waals surface area contributed by atoms with Crippen molar-refractivity contribution in [1.82, 2.24) is 21.1 Å². The molecule has 0 spiro atoms. The first-order valence-electron chi connectivity index (χ1n) is 13.7. The third kappa shape index (κ3) is 7.55. The first kappa shape index (κ1) is 34.1. The molecule has 0 bridgehead atoms. The number of hydrogen-bond acceptors (Lipinski definition) is 6. The van der Waals surface area contributed by atoms with Crippen LogP contribution in [0, 0.1) is 0 Å². The Hall–Kier alpha value is -3.77. The number of hydrazine groups is 3. The number of ether oxygens (including phenoxy) is 1. The summed E-state index contributed by atoms with van der Waals surface area (Å²) >= 11 is 0. The van der Waals surface area contributed by atoms with Gasteiger partial charge in [0.1, 0.15) is 0 Å². The maximum atomic E-state index is 13.7. The van der Waals surface area contributed by atoms with Crippen LogP contribution in [0.25, 0.3) is 0 Å². The van der Waals surface area contributed by atoms with Crippen LogP contribution in [0.4, 0.5) is 50.0 Å². The molecule has 2 atom stereocenters. The number of nitrogens with zero attached hydrogens (tertiary/aromatic N) is 4. The Labute approximate surface area is 251 Å². The van der Waals surface area contributed by atoms with Crippen molar-refractivity contribution in [2.75, 3.05) is 24.7 Å². The van der Waals surface area contributed by atoms with Gasteiger partial charge < -0.3 is 9.84 Å². The van der Waals surface area contributed by atoms with Crippen LogP contribution >= 0.6 is 0 Å². The summed E-state index contributed by atoms with van der Waals surface area (Å²) in [6.07, 6.45) is -15.4. The molecule has 9 nitrogen and oxygen atoms in total. The third-order valence-corrected chi connectivity index (χ3v) is 7.17. The van der Waals surface area contributed by atoms with E-state index in [4.69, 9.17) is 4.74 Å². The van der Waals surface area contributed by atoms with E-state index >= 15 is 0 Å². The van der Waals surface area contributed by atoms with E-state index in [-0.39, 0.29) is 42.8 Å². The van der Waals surface area contributed by atoms with Gasteiger partial charge in [-0.05, 0) is 61.7 Å². The summed E-state index contributed by atoms with van der Waals surface area (Å²) in [5, 5.41) is 11.8. The van der Waals surface area contributed by atoms with E-state index in [9.17, 15) is 49.4 Å². The number of aliphatic hydroxyl groups excluding tert-OH is 1. The number of β-amino-alcohol motifs (C(OH)–C–C–N with tert-alkyl or cyclic N) is 1. The van der Waals surface area contributed by atoms with Crippen molar-refractivity contribution in [2.24, 2.45) is 4.99 Å². The van der Waals surface area contributed by atoms with Gasteiger partial charge in [-0.1, -0.05) is 6.92 Å². The van der Waals surface area contributed by atoms with Crippen LogP contribution in [0.1, 0.15) is 60.5 Å². The molecular formula is C27H29F9N6O3. The Morgan fingerprint density at radius 3 is 2.11 bits per heavy atom. The van der Waals surface area contributed by atoms with Crippen molar-refractivity contribution >= 4 is 17.7 Å². The van der Waals surface area contributed by atoms with E-state index in [1.165, 1.54) is 4.90 Å². The topological polar surface area (TPSA) is 92.7 Å². The smallest absolute Gasteiger partial charge is 0.416 e. The van der Waals surface area contributed by atoms with Crippen LogP contribution in [0.3, 0.4) is 0 Å². The number of carbonyl (C=O) groups excluding carboxylic acids is 1. The van der Waals surface area contributed by atoms with Crippen LogP contribution < -0.4 is 15.9 Å². The molecule has 2 heterocycles. The highest BCUT2D eigenvalue weighted by molar-refractivity contribution is 5.90. The lowest BCUT2D eigenvalue weighted by molar-refractivity contribution is -0.143. The van der Waals surface area contributed by atoms with Gasteiger partial charge in [-0.15, -0.1) is 10.7 Å². The number of halogens is 9. The number of guanidine groups is 1. The molecule has 1 fully saturated rings. The fourth-order valence-corrected chi connectivity index (χ4v) is 5.13. The average molecular weight is 657 g/mol. The van der Waals surface area contributed by atoms with Crippen molar-refractivity contribution in [3.63, 3.8) is 0 Å². The standard InChI is InChI=1S/C27H29F9N6O3/c1-3-19-13-21(20-12-16(25(28,29)30)5-6-22(20)42(19)24(44)45-4-2)37-23-38-39-41(7-8-43)40(23)14-15-9-17(26(31,32)33)11-18(10-15)27(34,35)36/h5-6,9-12,19,21,39,43H,3-4,7-8,13-14H2,1-2H3,(H,37,38)/t19-,21+/m1/s1. The Kier molecular flexibility index (Phi) is 9.79. The molecule has 3 N–H and O–H groups in total. The third-order valence-electron chi connectivity index (χ3n) is 7.17. The van der Waals surface area contributed by atoms with Crippen molar-refractivity contribution in [3.05, 3.63) is 64.2 Å². The average Bonchev–Trinajstić information content (AvgIpc) is 3.31. The number of aliphatic hydroxyl groups is 1. The van der Waals surface area contributed by atoms with E-state index in [0.29, 0.717) is 18.6 Å². The molecule has 45 heavy (non-hydrogen) atoms. The zero-order valence-corrected chi connectivity index (χ0v) is 23.8. The first-order chi connectivity index (χ1) is 21.0. The second kappa shape index (κ2) is 12.9. The van der Waals surface area contributed by atoms with Gasteiger partial charge in [0.2, 0.25) is 5.96 Å². The summed E-state index contributed by atoms with van der Waals surface area (Å²) in [5.74, 6) is -0.165. The van der Waals surface area contributed by atoms with Crippen LogP contribution in [0.5, 0.6) is 0 Å². The largest absolute Gasteiger partial charge is 0.449 e. The summed E-state index contributed by atoms with van der Waals surface area (Å²) in [4.78, 5) is 18.6. The molecule has 18 heteroatoms. The lowest BCUT2D eigenvalue weighted by Gasteiger charge is -2.39. The number of amides is 1. The number of alkyl halides is 9. The second-order valence-electron chi connectivity index (χ2n) is 10.2. The fraction of sp³-hybridized carbons (Fsp3) is 0.481. The van der Waals surface area contributed by atoms with E-state index < -0.39 is 72.1 Å². The van der Waals surface area contributed by atoms with E-state index in [0.717, 1.165) is 28.3 Å². The Balaban J connectivity index is 1.81. The predicted molar refractivity (Wildman–Crippen MR) is 142 cm³/mol. The van der Waals surface area contributed by atoms with E-state index in [1.807, 2.05) is 0 Å². The van der Waals surface area contributed by atoms with Gasteiger partial charge in [-0.3, -0.25) is 15.3 Å². The Bertz CT molecular complexity index is 1380. The SMILES string of the molecule is CCOC(=O)N1c2ccc(C(F)(F)F)cc2[C@@H](N=C2NNN(CCO)N2Cc2cc(C(F)(F)F)cc(C(F)(F)F)c2)C[C@H]1CC. The van der Waals surface area contributed by atoms with Gasteiger partial charge in [-0.25, -0.2) is 9.79 Å². The number of nitrogens with one attached hydrogen (secondary N) is 2. The summed E-state index contributed by atoms with van der Waals surface area (Å²) in [6.45, 7) is 2.00. The molecule has 0 radical (unpaired) electrons. The molecule has 4 rings (SSSR count). The number of carbonyl (C=O) groups is 1. The number of aliphatic imine (C=N–C) groups is 1. The normalized spacial score (nSPS) is 20.4. The molecule has 0 aliphatic carbocycles. The molecule has 0 saturated carbocycles. The molecule has 248 valence electrons. The van der Waals surface area contributed by atoms with Gasteiger partial charge in [0.15, 0.2) is 0 Å². The second-order valence-corrected chi connectivity index (χ2v) is 10.2. The highest BCUT2D eigenvalue weighted by atomic mass is 19.4. The maximum absolute atomic E-state index is 13.7. The molecular weight excluding hydrogens is 627 g/mol. The summed E-state index contributed by atoms with van der Waals surface area (Å²) in [5.41, 5.74) is 0.813. The predicted octanol–water partition coefficient (Wildman–Crippen LogP) is 6.02. The van der Waals surface area contributed by atoms with Crippen molar-refractivity contribution in [2.45, 2.75) is 63.8 Å². The van der Waals surface area contributed by atoms with Crippen molar-refractivity contribution < 1.29 is 54.2 Å². The van der Waals surface area contributed by atoms with Crippen LogP contribution in [0.15, 0.2) is 41.4 Å². The Morgan fingerprint density at radius 1 is 0.956 bits per heavy atom. The van der Waals surface area contributed by atoms with Gasteiger partial charge in [0.25, 0.3) is 0 Å². The van der Waals surface area contributed by atoms with Crippen LogP contribution in [0.2, 0.25) is 0 Å². The zero-order chi connectivity index (χ0) is 33.3. The molecule has 2 aromatic carbocycles. The number of fused-ring (bicyclic) bond motifs is 1. The quantitative estimate of drug-likeness (QED) is 0.314. The van der Waals surface area contributed by atoms with Gasteiger partial charge in [0, 0.05) is 11.6 Å². The highest BCUT2D eigenvalue weighted by Crippen LogP contribution is 2.44. The lowest BCUT2D eigenvalue weighted by atomic mass is 9.89. The monoisotopic (exact) mass is 656 g/mol. The zero-order valence-electron chi connectivity index (χ0n) is 23.8. The molecule has 1 saturated heterocycles. The minimum absolute atomic E-state index is 0.00383. The van der Waals surface area contributed by atoms with Crippen molar-refractivity contribution in [3.8, 4) is 0 Å². The molecule has 2 aliphatic rings. The van der Waals surface area contributed by atoms with Gasteiger partial charge in [-0.2, -0.15) is 39.5 Å². The minimum atomic E-state index is -5.10. The first-order valence-corrected chi connectivity index (χ1v) is 13.7. The van der Waals surface area contributed by atoms with E-state index in [2.05, 4.69) is 16.0 Å². The molecule has 0 aromatic heterocycles. The number of anilines is 1. The number of benzene rings is 2. The molecule has 2 aliphatic heterocycles. The van der Waals surface area contributed by atoms with Crippen LogP contribution in [-0.4, -0.2) is 53.1 Å². The fourth-order valence-electron chi connectivity index (χ4n) is 5.13. The Morgan fingerprint density at radius 2 is 1.58 bits per heavy atom. The van der Waals surface area contributed by atoms with E-state index in [1.54, 1.807) is 13.8 Å². The molecule has 0 unspecified atom stereocenters. The number of hydrogen-bond donors (Lipinski definition) is 3.